The summed E-state index contributed by atoms with van der Waals surface area (Å²) in [5, 5.41) is 8.59. The van der Waals surface area contributed by atoms with E-state index in [9.17, 15) is 43.2 Å². The van der Waals surface area contributed by atoms with E-state index in [1.807, 2.05) is 0 Å². The molecule has 0 aromatic heterocycles. The highest BCUT2D eigenvalue weighted by atomic mass is 32.3. The molecular weight excluding hydrogens is 394 g/mol. The molecule has 0 radical (unpaired) electrons. The zero-order valence-corrected chi connectivity index (χ0v) is 14.7. The van der Waals surface area contributed by atoms with Gasteiger partial charge in [-0.1, -0.05) is 0 Å². The Morgan fingerprint density at radius 3 is 1.33 bits per heavy atom. The largest absolute Gasteiger partial charge is 0.480 e. The van der Waals surface area contributed by atoms with Crippen molar-refractivity contribution < 1.29 is 52.8 Å². The fourth-order valence-electron chi connectivity index (χ4n) is 0.788. The first kappa shape index (κ1) is 25.6. The summed E-state index contributed by atoms with van der Waals surface area (Å²) in [4.78, 5) is 0. The van der Waals surface area contributed by atoms with E-state index in [2.05, 4.69) is 28.1 Å². The van der Waals surface area contributed by atoms with Crippen LogP contribution < -0.4 is 0 Å². The number of aliphatic hydroxyl groups is 1. The lowest BCUT2D eigenvalue weighted by molar-refractivity contribution is -0.894. The smallest absolute Gasteiger partial charge is 0.421 e. The Balaban J connectivity index is 0. The van der Waals surface area contributed by atoms with E-state index in [4.69, 9.17) is 5.11 Å². The molecule has 24 heavy (non-hydrogen) atoms. The van der Waals surface area contributed by atoms with Crippen molar-refractivity contribution in [2.24, 2.45) is 0 Å². The standard InChI is InChI=1S/C7H18NO.C2F6NO4S2/c1-7(5-6-9)8(2,3)4;3-1(4,5)14(10,11)9-15(12,13)2(6,7)8/h7,9H,5-6H2,1-4H3;/q+1;-1. The molecule has 15 heteroatoms. The average Bonchev–Trinajstić information content (AvgIpc) is 2.24. The van der Waals surface area contributed by atoms with Gasteiger partial charge in [0.15, 0.2) is 20.0 Å². The van der Waals surface area contributed by atoms with Crippen molar-refractivity contribution in [2.75, 3.05) is 27.7 Å². The predicted molar refractivity (Wildman–Crippen MR) is 72.5 cm³/mol. The first-order valence-electron chi connectivity index (χ1n) is 5.98. The van der Waals surface area contributed by atoms with Crippen molar-refractivity contribution in [1.82, 2.24) is 0 Å². The monoisotopic (exact) mass is 412 g/mol. The van der Waals surface area contributed by atoms with Gasteiger partial charge in [-0.05, 0) is 6.92 Å². The molecule has 0 amide bonds. The van der Waals surface area contributed by atoms with Crippen LogP contribution in [-0.4, -0.2) is 71.2 Å². The normalized spacial score (nSPS) is 15.5. The molecule has 0 fully saturated rings. The SMILES string of the molecule is CC(CCO)[N+](C)(C)C.O=S(=O)([N-]S(=O)(=O)C(F)(F)F)C(F)(F)F. The number of nitrogens with zero attached hydrogens (tertiary/aromatic N) is 2. The van der Waals surface area contributed by atoms with E-state index in [-0.39, 0.29) is 0 Å². The lowest BCUT2D eigenvalue weighted by atomic mass is 10.2. The number of hydrogen-bond acceptors (Lipinski definition) is 5. The third-order valence-corrected chi connectivity index (χ3v) is 5.39. The highest BCUT2D eigenvalue weighted by Gasteiger charge is 2.46. The van der Waals surface area contributed by atoms with Gasteiger partial charge in [-0.2, -0.15) is 26.3 Å². The zero-order chi connectivity index (χ0) is 20.2. The van der Waals surface area contributed by atoms with Crippen LogP contribution in [0.4, 0.5) is 26.3 Å². The highest BCUT2D eigenvalue weighted by Crippen LogP contribution is 2.36. The maximum Gasteiger partial charge on any atom is 0.480 e. The maximum atomic E-state index is 11.4. The number of halogens is 6. The predicted octanol–water partition coefficient (Wildman–Crippen LogP) is 1.52. The second-order valence-corrected chi connectivity index (χ2v) is 8.82. The lowest BCUT2D eigenvalue weighted by Crippen LogP contribution is -2.43. The molecule has 0 rings (SSSR count). The van der Waals surface area contributed by atoms with Crippen molar-refractivity contribution in [3.63, 3.8) is 0 Å². The summed E-state index contributed by atoms with van der Waals surface area (Å²) in [5.74, 6) is 0. The van der Waals surface area contributed by atoms with Gasteiger partial charge in [0.1, 0.15) is 0 Å². The molecule has 0 aliphatic carbocycles. The summed E-state index contributed by atoms with van der Waals surface area (Å²) in [7, 11) is -7.03. The van der Waals surface area contributed by atoms with Crippen LogP contribution in [0.5, 0.6) is 0 Å². The number of aliphatic hydroxyl groups excluding tert-OH is 1. The molecule has 0 aliphatic heterocycles. The summed E-state index contributed by atoms with van der Waals surface area (Å²) in [6.07, 6.45) is 0.892. The molecule has 0 aromatic rings. The molecule has 0 saturated carbocycles. The minimum atomic E-state index is -6.72. The van der Waals surface area contributed by atoms with Gasteiger partial charge < -0.3 is 13.7 Å². The van der Waals surface area contributed by atoms with Gasteiger partial charge in [0.05, 0.1) is 27.2 Å². The Bertz CT molecular complexity index is 549. The number of alkyl halides is 6. The third-order valence-electron chi connectivity index (χ3n) is 2.65. The molecule has 1 N–H and O–H groups in total. The summed E-state index contributed by atoms with van der Waals surface area (Å²) >= 11 is 0. The molecule has 0 bridgehead atoms. The number of hydrogen-bond donors (Lipinski definition) is 1. The summed E-state index contributed by atoms with van der Waals surface area (Å²) in [5.41, 5.74) is -12.4. The van der Waals surface area contributed by atoms with E-state index in [0.29, 0.717) is 12.6 Å². The van der Waals surface area contributed by atoms with Gasteiger partial charge in [-0.15, -0.1) is 0 Å². The minimum Gasteiger partial charge on any atom is -0.421 e. The van der Waals surface area contributed by atoms with Gasteiger partial charge in [0.25, 0.3) is 0 Å². The number of quaternary nitrogens is 1. The molecule has 0 aromatic carbocycles. The van der Waals surface area contributed by atoms with Crippen LogP contribution in [0.3, 0.4) is 0 Å². The molecule has 1 atom stereocenters. The second-order valence-electron chi connectivity index (χ2n) is 5.39. The fourth-order valence-corrected chi connectivity index (χ4v) is 2.50. The van der Waals surface area contributed by atoms with Crippen LogP contribution in [0.2, 0.25) is 0 Å². The van der Waals surface area contributed by atoms with Crippen LogP contribution in [-0.2, 0) is 20.0 Å². The third kappa shape index (κ3) is 8.46. The van der Waals surface area contributed by atoms with Gasteiger partial charge in [0.2, 0.25) is 0 Å². The van der Waals surface area contributed by atoms with Crippen LogP contribution in [0.1, 0.15) is 13.3 Å². The first-order chi connectivity index (χ1) is 10.2. The number of sulfonamides is 2. The Hall–Kier alpha value is -0.640. The van der Waals surface area contributed by atoms with Crippen molar-refractivity contribution in [2.45, 2.75) is 30.4 Å². The van der Waals surface area contributed by atoms with Crippen molar-refractivity contribution in [1.29, 1.82) is 0 Å². The van der Waals surface area contributed by atoms with Gasteiger partial charge in [-0.25, -0.2) is 16.8 Å². The quantitative estimate of drug-likeness (QED) is 0.545. The summed E-state index contributed by atoms with van der Waals surface area (Å²) < 4.78 is 110. The minimum absolute atomic E-state index is 0.302. The molecule has 0 saturated heterocycles. The van der Waals surface area contributed by atoms with Crippen LogP contribution in [0.15, 0.2) is 0 Å². The fraction of sp³-hybridized carbons (Fsp3) is 1.00. The van der Waals surface area contributed by atoms with E-state index in [1.165, 1.54) is 0 Å². The van der Waals surface area contributed by atoms with Gasteiger partial charge in [-0.3, -0.25) is 0 Å². The second kappa shape index (κ2) is 8.16. The Labute approximate surface area is 135 Å². The van der Waals surface area contributed by atoms with Crippen molar-refractivity contribution >= 4 is 20.0 Å². The molecular formula is C9H18F6N2O5S2. The topological polar surface area (TPSA) is 103 Å². The van der Waals surface area contributed by atoms with E-state index < -0.39 is 31.1 Å². The first-order valence-corrected chi connectivity index (χ1v) is 8.86. The van der Waals surface area contributed by atoms with Crippen molar-refractivity contribution in [3.8, 4) is 0 Å². The highest BCUT2D eigenvalue weighted by molar-refractivity contribution is 8.13. The van der Waals surface area contributed by atoms with Gasteiger partial charge in [0, 0.05) is 13.0 Å². The van der Waals surface area contributed by atoms with Crippen molar-refractivity contribution in [3.05, 3.63) is 4.13 Å². The van der Waals surface area contributed by atoms with Crippen LogP contribution >= 0.6 is 0 Å². The Kier molecular flexibility index (Phi) is 8.70. The van der Waals surface area contributed by atoms with E-state index in [1.54, 1.807) is 0 Å². The Morgan fingerprint density at radius 1 is 0.917 bits per heavy atom. The summed E-state index contributed by atoms with van der Waals surface area (Å²) in [6, 6.07) is 0.551. The molecule has 148 valence electrons. The molecule has 0 heterocycles. The van der Waals surface area contributed by atoms with E-state index in [0.717, 1.165) is 15.0 Å². The zero-order valence-electron chi connectivity index (χ0n) is 13.1. The maximum absolute atomic E-state index is 11.4. The Morgan fingerprint density at radius 2 is 1.21 bits per heavy atom. The molecule has 7 nitrogen and oxygen atoms in total. The molecule has 0 spiro atoms. The van der Waals surface area contributed by atoms with Gasteiger partial charge >= 0.3 is 11.0 Å². The molecule has 1 unspecified atom stereocenters. The molecule has 0 aliphatic rings. The average molecular weight is 412 g/mol. The lowest BCUT2D eigenvalue weighted by Gasteiger charge is -2.31. The summed E-state index contributed by atoms with van der Waals surface area (Å²) in [6.45, 7) is 2.45. The number of rotatable bonds is 5. The van der Waals surface area contributed by atoms with E-state index >= 15 is 0 Å². The van der Waals surface area contributed by atoms with Crippen LogP contribution in [0.25, 0.3) is 4.13 Å². The van der Waals surface area contributed by atoms with Crippen LogP contribution in [0, 0.1) is 0 Å².